The number of hydrogen-bond acceptors (Lipinski definition) is 2. The standard InChI is InChI=1S/C15H9O2.Tl/c16-14-9-15(17)13-8-4-2-6-11(13)10-5-1-3-7-12(10)14;/h1-9H;. The van der Waals surface area contributed by atoms with Gasteiger partial charge in [0, 0.05) is 0 Å². The molecule has 0 saturated heterocycles. The van der Waals surface area contributed by atoms with Gasteiger partial charge in [-0.25, -0.2) is 0 Å². The van der Waals surface area contributed by atoms with Crippen LogP contribution in [0.25, 0.3) is 11.1 Å². The quantitative estimate of drug-likeness (QED) is 0.480. The summed E-state index contributed by atoms with van der Waals surface area (Å²) < 4.78 is -0.435. The van der Waals surface area contributed by atoms with Gasteiger partial charge in [-0.1, -0.05) is 0 Å². The van der Waals surface area contributed by atoms with E-state index < -0.39 is 3.48 Å². The first-order chi connectivity index (χ1) is 8.70. The van der Waals surface area contributed by atoms with Crippen LogP contribution in [0.2, 0.25) is 3.48 Å². The summed E-state index contributed by atoms with van der Waals surface area (Å²) in [6.45, 7) is 0. The van der Waals surface area contributed by atoms with Crippen molar-refractivity contribution in [2.75, 3.05) is 0 Å². The third-order valence-corrected chi connectivity index (χ3v) is 5.59. The van der Waals surface area contributed by atoms with Crippen LogP contribution < -0.4 is 0 Å². The van der Waals surface area contributed by atoms with Gasteiger partial charge >= 0.3 is 121 Å². The van der Waals surface area contributed by atoms with Crippen molar-refractivity contribution < 1.29 is 9.59 Å². The van der Waals surface area contributed by atoms with Gasteiger partial charge in [-0.2, -0.15) is 0 Å². The Morgan fingerprint density at radius 1 is 0.667 bits per heavy atom. The van der Waals surface area contributed by atoms with Crippen molar-refractivity contribution >= 4 is 37.3 Å². The Hall–Kier alpha value is -1.30. The fraction of sp³-hybridized carbons (Fsp3) is 0.0667. The fourth-order valence-electron chi connectivity index (χ4n) is 2.32. The van der Waals surface area contributed by atoms with E-state index in [1.165, 1.54) is 0 Å². The first-order valence-corrected chi connectivity index (χ1v) is 8.32. The molecule has 0 amide bonds. The molecule has 84 valence electrons. The van der Waals surface area contributed by atoms with Gasteiger partial charge in [0.2, 0.25) is 0 Å². The molecule has 0 fully saturated rings. The molecule has 0 aliphatic heterocycles. The summed E-state index contributed by atoms with van der Waals surface area (Å²) in [4.78, 5) is 24.7. The van der Waals surface area contributed by atoms with Crippen LogP contribution in [0.5, 0.6) is 0 Å². The summed E-state index contributed by atoms with van der Waals surface area (Å²) >= 11 is 0.328. The monoisotopic (exact) mass is 426 g/mol. The maximum atomic E-state index is 12.3. The Labute approximate surface area is 121 Å². The molecule has 0 heterocycles. The average Bonchev–Trinajstić information content (AvgIpc) is 2.51. The van der Waals surface area contributed by atoms with E-state index in [0.717, 1.165) is 11.1 Å². The zero-order chi connectivity index (χ0) is 12.7. The molecule has 0 bridgehead atoms. The van der Waals surface area contributed by atoms with E-state index in [2.05, 4.69) is 0 Å². The van der Waals surface area contributed by atoms with Gasteiger partial charge in [0.1, 0.15) is 0 Å². The molecule has 0 spiro atoms. The SMILES string of the molecule is O=C1c2ccccc2-c2ccccc2C(=O)[CH]1[Tl]. The predicted octanol–water partition coefficient (Wildman–Crippen LogP) is 2.69. The molecule has 2 nitrogen and oxygen atoms in total. The normalized spacial score (nSPS) is 14.8. The Bertz CT molecular complexity index is 604. The van der Waals surface area contributed by atoms with Crippen molar-refractivity contribution in [1.29, 1.82) is 0 Å². The van der Waals surface area contributed by atoms with Gasteiger partial charge in [0.15, 0.2) is 0 Å². The second-order valence-corrected chi connectivity index (χ2v) is 6.89. The van der Waals surface area contributed by atoms with Crippen LogP contribution >= 0.6 is 0 Å². The third kappa shape index (κ3) is 1.67. The fourth-order valence-corrected chi connectivity index (χ4v) is 3.72. The second-order valence-electron chi connectivity index (χ2n) is 4.30. The molecule has 0 saturated carbocycles. The first kappa shape index (κ1) is 11.8. The predicted molar refractivity (Wildman–Crippen MR) is 70.0 cm³/mol. The number of ketones is 2. The van der Waals surface area contributed by atoms with Crippen molar-refractivity contribution in [2.24, 2.45) is 0 Å². The van der Waals surface area contributed by atoms with Gasteiger partial charge in [-0.15, -0.1) is 0 Å². The Kier molecular flexibility index (Phi) is 2.89. The maximum absolute atomic E-state index is 12.3. The van der Waals surface area contributed by atoms with Crippen LogP contribution in [0.4, 0.5) is 0 Å². The molecule has 0 atom stereocenters. The third-order valence-electron chi connectivity index (χ3n) is 3.24. The number of rotatable bonds is 0. The van der Waals surface area contributed by atoms with E-state index in [0.29, 0.717) is 36.9 Å². The molecule has 0 unspecified atom stereocenters. The summed E-state index contributed by atoms with van der Waals surface area (Å²) in [5.41, 5.74) is 3.14. The zero-order valence-corrected chi connectivity index (χ0v) is 14.1. The van der Waals surface area contributed by atoms with Gasteiger partial charge in [0.05, 0.1) is 0 Å². The number of carbonyl (C=O) groups excluding carboxylic acids is 2. The minimum atomic E-state index is -0.435. The molecular formula is C15H9O2Tl. The zero-order valence-electron chi connectivity index (χ0n) is 9.59. The van der Waals surface area contributed by atoms with Crippen molar-refractivity contribution in [3.63, 3.8) is 0 Å². The summed E-state index contributed by atoms with van der Waals surface area (Å²) in [6.07, 6.45) is 0. The second kappa shape index (κ2) is 4.42. The molecule has 3 heteroatoms. The van der Waals surface area contributed by atoms with Crippen LogP contribution in [-0.2, 0) is 0 Å². The summed E-state index contributed by atoms with van der Waals surface area (Å²) in [5.74, 6) is -0.0337. The van der Waals surface area contributed by atoms with Crippen LogP contribution in [0, 0.1) is 0 Å². The Morgan fingerprint density at radius 2 is 1.00 bits per heavy atom. The van der Waals surface area contributed by atoms with Crippen molar-refractivity contribution in [1.82, 2.24) is 0 Å². The summed E-state index contributed by atoms with van der Waals surface area (Å²) in [6, 6.07) is 15.0. The molecule has 3 rings (SSSR count). The Morgan fingerprint density at radius 3 is 1.39 bits per heavy atom. The van der Waals surface area contributed by atoms with Gasteiger partial charge in [-0.05, 0) is 0 Å². The summed E-state index contributed by atoms with van der Waals surface area (Å²) in [5, 5.41) is 0. The van der Waals surface area contributed by atoms with Crippen LogP contribution in [0.15, 0.2) is 48.5 Å². The van der Waals surface area contributed by atoms with Crippen LogP contribution in [0.1, 0.15) is 20.7 Å². The molecule has 2 aromatic rings. The number of Topliss-reactive ketones (excluding diaryl/α,β-unsaturated/α-hetero) is 2. The van der Waals surface area contributed by atoms with Crippen LogP contribution in [0.3, 0.4) is 0 Å². The molecular weight excluding hydrogens is 417 g/mol. The van der Waals surface area contributed by atoms with Gasteiger partial charge < -0.3 is 0 Å². The number of fused-ring (bicyclic) bond motifs is 3. The minimum absolute atomic E-state index is 0.0169. The Balaban J connectivity index is 2.40. The molecule has 0 N–H and O–H groups in total. The molecule has 18 heavy (non-hydrogen) atoms. The van der Waals surface area contributed by atoms with E-state index in [1.54, 1.807) is 0 Å². The van der Waals surface area contributed by atoms with E-state index >= 15 is 0 Å². The molecule has 1 aliphatic carbocycles. The van der Waals surface area contributed by atoms with E-state index in [9.17, 15) is 9.59 Å². The van der Waals surface area contributed by atoms with Crippen molar-refractivity contribution in [3.05, 3.63) is 59.7 Å². The number of hydrogen-bond donors (Lipinski definition) is 0. The van der Waals surface area contributed by atoms with Gasteiger partial charge in [-0.3, -0.25) is 0 Å². The van der Waals surface area contributed by atoms with E-state index in [4.69, 9.17) is 0 Å². The molecule has 0 radical (unpaired) electrons. The van der Waals surface area contributed by atoms with Crippen LogP contribution in [-0.4, -0.2) is 37.3 Å². The van der Waals surface area contributed by atoms with Crippen molar-refractivity contribution in [3.8, 4) is 11.1 Å². The average molecular weight is 426 g/mol. The topological polar surface area (TPSA) is 34.1 Å². The van der Waals surface area contributed by atoms with E-state index in [-0.39, 0.29) is 11.6 Å². The molecule has 1 aliphatic rings. The number of carbonyl (C=O) groups is 2. The number of benzene rings is 2. The molecule has 0 aromatic heterocycles. The molecule has 2 aromatic carbocycles. The van der Waals surface area contributed by atoms with Gasteiger partial charge in [0.25, 0.3) is 0 Å². The van der Waals surface area contributed by atoms with E-state index in [1.807, 2.05) is 48.5 Å². The summed E-state index contributed by atoms with van der Waals surface area (Å²) in [7, 11) is 0. The first-order valence-electron chi connectivity index (χ1n) is 5.72. The van der Waals surface area contributed by atoms with Crippen molar-refractivity contribution in [2.45, 2.75) is 3.48 Å².